The van der Waals surface area contributed by atoms with Crippen molar-refractivity contribution < 1.29 is 13.2 Å². The van der Waals surface area contributed by atoms with E-state index in [2.05, 4.69) is 26.2 Å². The first-order valence-electron chi connectivity index (χ1n) is 13.7. The van der Waals surface area contributed by atoms with E-state index in [-0.39, 0.29) is 17.6 Å². The fourth-order valence-electron chi connectivity index (χ4n) is 6.17. The minimum Gasteiger partial charge on any atom is -0.493 e. The fraction of sp³-hybridized carbons (Fsp3) is 0.448. The molecule has 9 nitrogen and oxygen atoms in total. The molecule has 1 atom stereocenters. The predicted molar refractivity (Wildman–Crippen MR) is 149 cm³/mol. The van der Waals surface area contributed by atoms with Gasteiger partial charge in [0.1, 0.15) is 5.75 Å². The summed E-state index contributed by atoms with van der Waals surface area (Å²) in [4.78, 5) is 8.79. The van der Waals surface area contributed by atoms with E-state index >= 15 is 0 Å². The molecule has 4 aromatic rings. The minimum atomic E-state index is -3.34. The number of H-pyrrole nitrogens is 1. The van der Waals surface area contributed by atoms with Crippen molar-refractivity contribution in [2.45, 2.75) is 44.4 Å². The molecule has 2 fully saturated rings. The molecule has 10 heteroatoms. The Kier molecular flexibility index (Phi) is 7.19. The average molecular weight is 545 g/mol. The van der Waals surface area contributed by atoms with Crippen LogP contribution < -0.4 is 4.74 Å². The van der Waals surface area contributed by atoms with E-state index in [4.69, 9.17) is 10.00 Å². The summed E-state index contributed by atoms with van der Waals surface area (Å²) in [5.41, 5.74) is 2.44. The first kappa shape index (κ1) is 25.7. The van der Waals surface area contributed by atoms with Gasteiger partial charge >= 0.3 is 0 Å². The van der Waals surface area contributed by atoms with Gasteiger partial charge in [-0.05, 0) is 74.8 Å². The van der Waals surface area contributed by atoms with Crippen LogP contribution in [0.2, 0.25) is 0 Å². The molecule has 39 heavy (non-hydrogen) atoms. The van der Waals surface area contributed by atoms with E-state index in [9.17, 15) is 8.42 Å². The third-order valence-electron chi connectivity index (χ3n) is 8.27. The van der Waals surface area contributed by atoms with Crippen LogP contribution in [0.5, 0.6) is 5.75 Å². The van der Waals surface area contributed by atoms with Gasteiger partial charge < -0.3 is 4.74 Å². The largest absolute Gasteiger partial charge is 0.493 e. The van der Waals surface area contributed by atoms with Gasteiger partial charge in [0.2, 0.25) is 10.0 Å². The van der Waals surface area contributed by atoms with Gasteiger partial charge in [-0.15, -0.1) is 0 Å². The van der Waals surface area contributed by atoms with Gasteiger partial charge in [0, 0.05) is 59.2 Å². The van der Waals surface area contributed by atoms with Crippen LogP contribution in [0.25, 0.3) is 21.8 Å². The first-order valence-corrected chi connectivity index (χ1v) is 15.3. The zero-order valence-corrected chi connectivity index (χ0v) is 22.6. The number of rotatable bonds is 7. The summed E-state index contributed by atoms with van der Waals surface area (Å²) in [6.07, 6.45) is 10.8. The molecule has 2 aliphatic rings. The highest BCUT2D eigenvalue weighted by molar-refractivity contribution is 7.89. The molecular weight excluding hydrogens is 512 g/mol. The van der Waals surface area contributed by atoms with Crippen LogP contribution >= 0.6 is 0 Å². The van der Waals surface area contributed by atoms with Crippen LogP contribution in [0.15, 0.2) is 48.9 Å². The number of aromatic amines is 1. The number of hydrogen-bond acceptors (Lipinski definition) is 7. The Hall–Kier alpha value is -3.55. The molecule has 1 aromatic carbocycles. The second kappa shape index (κ2) is 10.9. The van der Waals surface area contributed by atoms with Crippen LogP contribution in [0.1, 0.15) is 55.7 Å². The number of nitrogens with zero attached hydrogens (tertiary/aromatic N) is 5. The van der Waals surface area contributed by atoms with Gasteiger partial charge in [0.05, 0.1) is 30.2 Å². The summed E-state index contributed by atoms with van der Waals surface area (Å²) >= 11 is 0. The van der Waals surface area contributed by atoms with Crippen LogP contribution in [-0.2, 0) is 10.0 Å². The van der Waals surface area contributed by atoms with Crippen molar-refractivity contribution in [3.05, 3.63) is 60.2 Å². The van der Waals surface area contributed by atoms with Gasteiger partial charge in [-0.25, -0.2) is 22.7 Å². The smallest absolute Gasteiger partial charge is 0.214 e. The summed E-state index contributed by atoms with van der Waals surface area (Å²) in [5, 5.41) is 19.7. The summed E-state index contributed by atoms with van der Waals surface area (Å²) in [6.45, 7) is 1.56. The van der Waals surface area contributed by atoms with Crippen molar-refractivity contribution in [3.63, 3.8) is 0 Å². The zero-order chi connectivity index (χ0) is 26.8. The predicted octanol–water partition coefficient (Wildman–Crippen LogP) is 4.77. The molecule has 0 bridgehead atoms. The van der Waals surface area contributed by atoms with Crippen LogP contribution in [0, 0.1) is 23.2 Å². The highest BCUT2D eigenvalue weighted by Crippen LogP contribution is 2.39. The van der Waals surface area contributed by atoms with E-state index < -0.39 is 10.0 Å². The Bertz CT molecular complexity index is 1600. The van der Waals surface area contributed by atoms with E-state index in [1.807, 2.05) is 12.3 Å². The number of aromatic nitrogens is 4. The maximum Gasteiger partial charge on any atom is 0.214 e. The number of benzene rings is 1. The molecule has 1 saturated heterocycles. The maximum absolute atomic E-state index is 13.4. The number of nitrogens with one attached hydrogen (secondary N) is 1. The molecule has 202 valence electrons. The van der Waals surface area contributed by atoms with E-state index in [0.29, 0.717) is 36.9 Å². The lowest BCUT2D eigenvalue weighted by molar-refractivity contribution is 0.179. The van der Waals surface area contributed by atoms with Gasteiger partial charge in [0.15, 0.2) is 5.65 Å². The topological polar surface area (TPSA) is 125 Å². The molecule has 1 saturated carbocycles. The van der Waals surface area contributed by atoms with Gasteiger partial charge in [-0.2, -0.15) is 10.4 Å². The minimum absolute atomic E-state index is 0.159. The lowest BCUT2D eigenvalue weighted by atomic mass is 9.80. The van der Waals surface area contributed by atoms with E-state index in [1.165, 1.54) is 0 Å². The van der Waals surface area contributed by atoms with Crippen molar-refractivity contribution in [1.29, 1.82) is 5.26 Å². The van der Waals surface area contributed by atoms with Gasteiger partial charge in [0.25, 0.3) is 0 Å². The Labute approximate surface area is 228 Å². The van der Waals surface area contributed by atoms with Crippen molar-refractivity contribution in [2.24, 2.45) is 11.8 Å². The summed E-state index contributed by atoms with van der Waals surface area (Å²) in [6, 6.07) is 11.1. The average Bonchev–Trinajstić information content (AvgIpc) is 3.46. The highest BCUT2D eigenvalue weighted by Gasteiger charge is 2.33. The van der Waals surface area contributed by atoms with E-state index in [0.717, 1.165) is 66.0 Å². The molecule has 1 aliphatic heterocycles. The van der Waals surface area contributed by atoms with Crippen LogP contribution in [-0.4, -0.2) is 58.3 Å². The molecule has 1 aliphatic carbocycles. The van der Waals surface area contributed by atoms with Gasteiger partial charge in [-0.1, -0.05) is 0 Å². The molecule has 0 amide bonds. The summed E-state index contributed by atoms with van der Waals surface area (Å²) < 4.78 is 34.4. The quantitative estimate of drug-likeness (QED) is 0.355. The normalized spacial score (nSPS) is 22.6. The molecule has 4 heterocycles. The molecule has 1 N–H and O–H groups in total. The number of ether oxygens (including phenoxy) is 1. The molecule has 3 aromatic heterocycles. The molecule has 0 spiro atoms. The van der Waals surface area contributed by atoms with Crippen molar-refractivity contribution in [3.8, 4) is 11.8 Å². The summed E-state index contributed by atoms with van der Waals surface area (Å²) in [7, 11) is -3.34. The molecule has 6 rings (SSSR count). The van der Waals surface area contributed by atoms with Gasteiger partial charge in [-0.3, -0.25) is 5.10 Å². The Morgan fingerprint density at radius 3 is 2.64 bits per heavy atom. The third kappa shape index (κ3) is 5.47. The Morgan fingerprint density at radius 1 is 1.03 bits per heavy atom. The SMILES string of the molecule is N#Cc1ccc(OCC2CCCN(S(=O)(=O)CC3CCC(c4[nH]ncc5cnc6nccc6c45)CC3)C2)cc1. The lowest BCUT2D eigenvalue weighted by Crippen LogP contribution is -2.43. The summed E-state index contributed by atoms with van der Waals surface area (Å²) in [5.74, 6) is 1.54. The number of pyridine rings is 1. The van der Waals surface area contributed by atoms with Crippen molar-refractivity contribution in [2.75, 3.05) is 25.4 Å². The number of nitriles is 1. The molecule has 0 radical (unpaired) electrons. The first-order chi connectivity index (χ1) is 19.0. The van der Waals surface area contributed by atoms with Crippen LogP contribution in [0.3, 0.4) is 0 Å². The number of sulfonamides is 1. The highest BCUT2D eigenvalue weighted by atomic mass is 32.2. The second-order valence-corrected chi connectivity index (χ2v) is 12.9. The maximum atomic E-state index is 13.4. The monoisotopic (exact) mass is 544 g/mol. The molecular formula is C29H32N6O3S. The number of fused-ring (bicyclic) bond motifs is 3. The zero-order valence-electron chi connectivity index (χ0n) is 21.8. The number of piperidine rings is 1. The fourth-order valence-corrected chi connectivity index (χ4v) is 8.16. The lowest BCUT2D eigenvalue weighted by Gasteiger charge is -2.34. The van der Waals surface area contributed by atoms with E-state index in [1.54, 1.807) is 41.0 Å². The van der Waals surface area contributed by atoms with Crippen molar-refractivity contribution in [1.82, 2.24) is 24.5 Å². The Morgan fingerprint density at radius 2 is 1.85 bits per heavy atom. The standard InChI is InChI=1S/C29H32N6O3S/c30-14-20-5-9-25(10-6-20)38-18-22-2-1-13-35(17-22)39(36,37)19-21-3-7-23(8-4-21)28-27-24(16-33-34-28)15-32-29-26(27)11-12-31-29/h5-6,9-12,15-16,21-23,34H,1-4,7-8,13,17-19H2. The molecule has 1 unspecified atom stereocenters. The van der Waals surface area contributed by atoms with Crippen molar-refractivity contribution >= 4 is 31.8 Å². The number of hydrogen-bond donors (Lipinski definition) is 1. The third-order valence-corrected chi connectivity index (χ3v) is 10.3. The second-order valence-electron chi connectivity index (χ2n) is 10.9. The van der Waals surface area contributed by atoms with Crippen LogP contribution in [0.4, 0.5) is 0 Å². The Balaban J connectivity index is 1.06.